The fraction of sp³-hybridized carbons (Fsp3) is 0.667. The minimum absolute atomic E-state index is 0.0324. The van der Waals surface area contributed by atoms with Gasteiger partial charge in [0.25, 0.3) is 9.05 Å². The van der Waals surface area contributed by atoms with Crippen molar-refractivity contribution in [3.63, 3.8) is 0 Å². The maximum Gasteiger partial charge on any atom is 0.264 e. The highest BCUT2D eigenvalue weighted by molar-refractivity contribution is 8.13. The summed E-state index contributed by atoms with van der Waals surface area (Å²) in [4.78, 5) is 0.0324. The summed E-state index contributed by atoms with van der Waals surface area (Å²) in [6, 6.07) is 0. The van der Waals surface area contributed by atoms with E-state index in [0.29, 0.717) is 6.54 Å². The molecule has 0 N–H and O–H groups in total. The first kappa shape index (κ1) is 11.9. The third-order valence-electron chi connectivity index (χ3n) is 2.56. The van der Waals surface area contributed by atoms with Crippen molar-refractivity contribution in [1.29, 1.82) is 0 Å². The molecule has 0 aromatic carbocycles. The van der Waals surface area contributed by atoms with Gasteiger partial charge in [0, 0.05) is 23.5 Å². The van der Waals surface area contributed by atoms with Crippen molar-refractivity contribution in [3.8, 4) is 0 Å². The average Bonchev–Trinajstić information content (AvgIpc) is 2.67. The summed E-state index contributed by atoms with van der Waals surface area (Å²) in [6.45, 7) is 1.35. The highest BCUT2D eigenvalue weighted by atomic mass is 35.7. The van der Waals surface area contributed by atoms with Crippen LogP contribution in [0, 0.1) is 0 Å². The number of nitrogens with zero attached hydrogens (tertiary/aromatic N) is 2. The maximum absolute atomic E-state index is 11.0. The number of hydrogen-bond acceptors (Lipinski definition) is 4. The van der Waals surface area contributed by atoms with Crippen LogP contribution in [0.5, 0.6) is 0 Å². The van der Waals surface area contributed by atoms with Crippen LogP contribution in [-0.4, -0.2) is 30.9 Å². The summed E-state index contributed by atoms with van der Waals surface area (Å²) in [6.07, 6.45) is 6.04. The quantitative estimate of drug-likeness (QED) is 0.774. The van der Waals surface area contributed by atoms with Crippen LogP contribution in [0.15, 0.2) is 17.3 Å². The summed E-state index contributed by atoms with van der Waals surface area (Å²) >= 11 is 0. The van der Waals surface area contributed by atoms with Crippen LogP contribution in [0.25, 0.3) is 0 Å². The van der Waals surface area contributed by atoms with E-state index in [9.17, 15) is 8.42 Å². The Labute approximate surface area is 98.8 Å². The van der Waals surface area contributed by atoms with E-state index in [-0.39, 0.29) is 11.0 Å². The van der Waals surface area contributed by atoms with E-state index in [1.54, 1.807) is 4.68 Å². The molecule has 2 heterocycles. The van der Waals surface area contributed by atoms with Crippen molar-refractivity contribution in [1.82, 2.24) is 9.78 Å². The number of hydrogen-bond donors (Lipinski definition) is 0. The van der Waals surface area contributed by atoms with Crippen molar-refractivity contribution in [2.75, 3.05) is 6.61 Å². The number of halogens is 1. The second kappa shape index (κ2) is 4.73. The third kappa shape index (κ3) is 2.96. The van der Waals surface area contributed by atoms with E-state index in [0.717, 1.165) is 25.9 Å². The standard InChI is InChI=1S/C9H13ClN2O3S/c10-16(13,14)9-5-11-12(7-9)6-8-3-1-2-4-15-8/h5,7-8H,1-4,6H2. The molecule has 1 aromatic heterocycles. The normalized spacial score (nSPS) is 22.2. The lowest BCUT2D eigenvalue weighted by Crippen LogP contribution is -2.24. The van der Waals surface area contributed by atoms with Gasteiger partial charge < -0.3 is 4.74 Å². The van der Waals surface area contributed by atoms with Gasteiger partial charge >= 0.3 is 0 Å². The van der Waals surface area contributed by atoms with Crippen LogP contribution >= 0.6 is 10.7 Å². The molecule has 1 saturated heterocycles. The smallest absolute Gasteiger partial charge is 0.264 e. The molecular weight excluding hydrogens is 252 g/mol. The molecule has 16 heavy (non-hydrogen) atoms. The summed E-state index contributed by atoms with van der Waals surface area (Å²) in [5.74, 6) is 0. The molecule has 90 valence electrons. The summed E-state index contributed by atoms with van der Waals surface area (Å²) in [5.41, 5.74) is 0. The van der Waals surface area contributed by atoms with Gasteiger partial charge in [0.2, 0.25) is 0 Å². The molecule has 0 bridgehead atoms. The van der Waals surface area contributed by atoms with Crippen LogP contribution < -0.4 is 0 Å². The average molecular weight is 265 g/mol. The zero-order valence-corrected chi connectivity index (χ0v) is 10.2. The first-order valence-electron chi connectivity index (χ1n) is 5.14. The van der Waals surface area contributed by atoms with Crippen LogP contribution in [0.1, 0.15) is 19.3 Å². The highest BCUT2D eigenvalue weighted by Gasteiger charge is 2.17. The Bertz CT molecular complexity index is 451. The highest BCUT2D eigenvalue weighted by Crippen LogP contribution is 2.16. The van der Waals surface area contributed by atoms with Gasteiger partial charge in [-0.2, -0.15) is 5.10 Å². The molecule has 0 saturated carbocycles. The summed E-state index contributed by atoms with van der Waals surface area (Å²) in [7, 11) is 1.53. The van der Waals surface area contributed by atoms with Crippen molar-refractivity contribution in [3.05, 3.63) is 12.4 Å². The third-order valence-corrected chi connectivity index (χ3v) is 3.86. The first-order valence-corrected chi connectivity index (χ1v) is 7.45. The molecule has 1 aromatic rings. The van der Waals surface area contributed by atoms with E-state index in [4.69, 9.17) is 15.4 Å². The lowest BCUT2D eigenvalue weighted by molar-refractivity contribution is 0.00396. The summed E-state index contributed by atoms with van der Waals surface area (Å²) in [5, 5.41) is 3.95. The fourth-order valence-electron chi connectivity index (χ4n) is 1.73. The zero-order valence-electron chi connectivity index (χ0n) is 8.67. The lowest BCUT2D eigenvalue weighted by atomic mass is 10.1. The van der Waals surface area contributed by atoms with Gasteiger partial charge in [-0.3, -0.25) is 4.68 Å². The topological polar surface area (TPSA) is 61.2 Å². The predicted octanol–water partition coefficient (Wildman–Crippen LogP) is 1.38. The monoisotopic (exact) mass is 264 g/mol. The largest absolute Gasteiger partial charge is 0.376 e. The molecule has 0 amide bonds. The lowest BCUT2D eigenvalue weighted by Gasteiger charge is -2.22. The Morgan fingerprint density at radius 3 is 2.94 bits per heavy atom. The van der Waals surface area contributed by atoms with E-state index in [2.05, 4.69) is 5.10 Å². The molecular formula is C9H13ClN2O3S. The van der Waals surface area contributed by atoms with Crippen molar-refractivity contribution >= 4 is 19.7 Å². The van der Waals surface area contributed by atoms with Crippen LogP contribution in [-0.2, 0) is 20.3 Å². The van der Waals surface area contributed by atoms with Gasteiger partial charge in [0.15, 0.2) is 0 Å². The van der Waals surface area contributed by atoms with Crippen molar-refractivity contribution in [2.45, 2.75) is 36.8 Å². The Kier molecular flexibility index (Phi) is 3.51. The van der Waals surface area contributed by atoms with Crippen LogP contribution in [0.3, 0.4) is 0 Å². The van der Waals surface area contributed by atoms with Crippen LogP contribution in [0.2, 0.25) is 0 Å². The Morgan fingerprint density at radius 1 is 1.56 bits per heavy atom. The number of rotatable bonds is 3. The molecule has 1 aliphatic heterocycles. The Balaban J connectivity index is 2.02. The molecule has 1 aliphatic rings. The minimum atomic E-state index is -3.67. The molecule has 1 fully saturated rings. The number of ether oxygens (including phenoxy) is 1. The fourth-order valence-corrected chi connectivity index (χ4v) is 2.39. The summed E-state index contributed by atoms with van der Waals surface area (Å²) < 4.78 is 29.1. The Hall–Kier alpha value is -0.590. The van der Waals surface area contributed by atoms with Crippen molar-refractivity contribution < 1.29 is 13.2 Å². The van der Waals surface area contributed by atoms with Crippen molar-refractivity contribution in [2.24, 2.45) is 0 Å². The van der Waals surface area contributed by atoms with Gasteiger partial charge in [-0.1, -0.05) is 0 Å². The molecule has 7 heteroatoms. The van der Waals surface area contributed by atoms with Gasteiger partial charge in [-0.25, -0.2) is 8.42 Å². The molecule has 0 aliphatic carbocycles. The van der Waals surface area contributed by atoms with Gasteiger partial charge in [0.05, 0.1) is 18.8 Å². The maximum atomic E-state index is 11.0. The molecule has 2 rings (SSSR count). The van der Waals surface area contributed by atoms with E-state index < -0.39 is 9.05 Å². The SMILES string of the molecule is O=S(=O)(Cl)c1cnn(CC2CCCCO2)c1. The Morgan fingerprint density at radius 2 is 2.38 bits per heavy atom. The van der Waals surface area contributed by atoms with E-state index in [1.807, 2.05) is 0 Å². The molecule has 0 radical (unpaired) electrons. The van der Waals surface area contributed by atoms with E-state index in [1.165, 1.54) is 12.4 Å². The molecule has 1 atom stereocenters. The second-order valence-corrected chi connectivity index (χ2v) is 6.39. The van der Waals surface area contributed by atoms with Crippen LogP contribution in [0.4, 0.5) is 0 Å². The zero-order chi connectivity index (χ0) is 11.6. The molecule has 0 spiro atoms. The minimum Gasteiger partial charge on any atom is -0.376 e. The van der Waals surface area contributed by atoms with Gasteiger partial charge in [-0.05, 0) is 19.3 Å². The predicted molar refractivity (Wildman–Crippen MR) is 58.9 cm³/mol. The van der Waals surface area contributed by atoms with E-state index >= 15 is 0 Å². The number of aromatic nitrogens is 2. The first-order chi connectivity index (χ1) is 7.55. The second-order valence-electron chi connectivity index (χ2n) is 3.82. The molecule has 1 unspecified atom stereocenters. The molecule has 5 nitrogen and oxygen atoms in total. The van der Waals surface area contributed by atoms with Gasteiger partial charge in [-0.15, -0.1) is 0 Å². The van der Waals surface area contributed by atoms with Gasteiger partial charge in [0.1, 0.15) is 4.90 Å².